The van der Waals surface area contributed by atoms with Crippen LogP contribution in [0.3, 0.4) is 0 Å². The Morgan fingerprint density at radius 1 is 1.35 bits per heavy atom. The number of hydrogen-bond acceptors (Lipinski definition) is 2. The normalized spacial score (nSPS) is 29.8. The fourth-order valence-corrected chi connectivity index (χ4v) is 3.14. The first-order valence-electron chi connectivity index (χ1n) is 6.80. The second-order valence-corrected chi connectivity index (χ2v) is 5.70. The SMILES string of the molecule is Cc1cccc(C2CC(CN)CN2C2CC2)c1. The molecule has 2 N–H and O–H groups in total. The molecular weight excluding hydrogens is 208 g/mol. The molecule has 0 bridgehead atoms. The standard InChI is InChI=1S/C15H22N2/c1-11-3-2-4-13(7-11)15-8-12(9-16)10-17(15)14-5-6-14/h2-4,7,12,14-15H,5-6,8-10,16H2,1H3. The Kier molecular flexibility index (Phi) is 2.93. The van der Waals surface area contributed by atoms with Gasteiger partial charge in [0.05, 0.1) is 0 Å². The number of nitrogens with zero attached hydrogens (tertiary/aromatic N) is 1. The lowest BCUT2D eigenvalue weighted by Crippen LogP contribution is -2.27. The van der Waals surface area contributed by atoms with Crippen LogP contribution in [0.4, 0.5) is 0 Å². The molecule has 0 radical (unpaired) electrons. The monoisotopic (exact) mass is 230 g/mol. The van der Waals surface area contributed by atoms with E-state index in [2.05, 4.69) is 36.1 Å². The zero-order valence-electron chi connectivity index (χ0n) is 10.6. The van der Waals surface area contributed by atoms with Crippen molar-refractivity contribution in [2.75, 3.05) is 13.1 Å². The van der Waals surface area contributed by atoms with Crippen molar-refractivity contribution in [3.8, 4) is 0 Å². The Labute approximate surface area is 104 Å². The first kappa shape index (κ1) is 11.2. The first-order chi connectivity index (χ1) is 8.28. The molecule has 1 saturated heterocycles. The highest BCUT2D eigenvalue weighted by atomic mass is 15.2. The van der Waals surface area contributed by atoms with Gasteiger partial charge in [-0.05, 0) is 44.2 Å². The van der Waals surface area contributed by atoms with Crippen LogP contribution in [0, 0.1) is 12.8 Å². The summed E-state index contributed by atoms with van der Waals surface area (Å²) in [6.07, 6.45) is 4.02. The Morgan fingerprint density at radius 3 is 2.82 bits per heavy atom. The van der Waals surface area contributed by atoms with Crippen LogP contribution < -0.4 is 5.73 Å². The maximum Gasteiger partial charge on any atom is 0.0354 e. The van der Waals surface area contributed by atoms with Gasteiger partial charge in [-0.1, -0.05) is 29.8 Å². The minimum atomic E-state index is 0.621. The number of benzene rings is 1. The average Bonchev–Trinajstić information content (AvgIpc) is 3.08. The van der Waals surface area contributed by atoms with E-state index in [9.17, 15) is 0 Å². The molecule has 2 heteroatoms. The lowest BCUT2D eigenvalue weighted by atomic mass is 9.98. The van der Waals surface area contributed by atoms with E-state index < -0.39 is 0 Å². The minimum absolute atomic E-state index is 0.621. The fraction of sp³-hybridized carbons (Fsp3) is 0.600. The highest BCUT2D eigenvalue weighted by Gasteiger charge is 2.40. The molecule has 1 aromatic rings. The van der Waals surface area contributed by atoms with E-state index in [0.29, 0.717) is 12.0 Å². The molecule has 1 aliphatic carbocycles. The molecule has 1 heterocycles. The molecule has 0 spiro atoms. The molecule has 2 atom stereocenters. The molecule has 2 nitrogen and oxygen atoms in total. The Bertz CT molecular complexity index is 398. The molecule has 2 aliphatic rings. The second kappa shape index (κ2) is 4.43. The number of rotatable bonds is 3. The van der Waals surface area contributed by atoms with E-state index in [1.165, 1.54) is 36.9 Å². The summed E-state index contributed by atoms with van der Waals surface area (Å²) in [4.78, 5) is 2.70. The van der Waals surface area contributed by atoms with Gasteiger partial charge in [-0.2, -0.15) is 0 Å². The van der Waals surface area contributed by atoms with Crippen LogP contribution >= 0.6 is 0 Å². The van der Waals surface area contributed by atoms with Crippen LogP contribution in [0.1, 0.15) is 36.4 Å². The van der Waals surface area contributed by atoms with E-state index in [1.54, 1.807) is 0 Å². The molecule has 1 aromatic carbocycles. The zero-order valence-corrected chi connectivity index (χ0v) is 10.6. The van der Waals surface area contributed by atoms with Gasteiger partial charge < -0.3 is 5.73 Å². The summed E-state index contributed by atoms with van der Waals surface area (Å²) in [6, 6.07) is 10.5. The molecule has 0 aromatic heterocycles. The van der Waals surface area contributed by atoms with Gasteiger partial charge in [0.25, 0.3) is 0 Å². The summed E-state index contributed by atoms with van der Waals surface area (Å²) < 4.78 is 0. The molecular formula is C15H22N2. The van der Waals surface area contributed by atoms with Crippen LogP contribution in [0.5, 0.6) is 0 Å². The quantitative estimate of drug-likeness (QED) is 0.864. The molecule has 17 heavy (non-hydrogen) atoms. The van der Waals surface area contributed by atoms with Gasteiger partial charge in [0.2, 0.25) is 0 Å². The van der Waals surface area contributed by atoms with E-state index >= 15 is 0 Å². The Morgan fingerprint density at radius 2 is 2.18 bits per heavy atom. The van der Waals surface area contributed by atoms with E-state index in [-0.39, 0.29) is 0 Å². The Hall–Kier alpha value is -0.860. The summed E-state index contributed by atoms with van der Waals surface area (Å²) in [5, 5.41) is 0. The number of aryl methyl sites for hydroxylation is 1. The smallest absolute Gasteiger partial charge is 0.0354 e. The summed E-state index contributed by atoms with van der Waals surface area (Å²) in [5.74, 6) is 0.695. The van der Waals surface area contributed by atoms with Gasteiger partial charge in [-0.3, -0.25) is 4.90 Å². The van der Waals surface area contributed by atoms with Crippen molar-refractivity contribution in [2.24, 2.45) is 11.7 Å². The van der Waals surface area contributed by atoms with E-state index in [1.807, 2.05) is 0 Å². The third kappa shape index (κ3) is 2.24. The van der Waals surface area contributed by atoms with Crippen LogP contribution in [0.25, 0.3) is 0 Å². The molecule has 2 unspecified atom stereocenters. The predicted molar refractivity (Wildman–Crippen MR) is 70.8 cm³/mol. The Balaban J connectivity index is 1.84. The largest absolute Gasteiger partial charge is 0.330 e. The molecule has 1 aliphatic heterocycles. The van der Waals surface area contributed by atoms with Crippen molar-refractivity contribution >= 4 is 0 Å². The van der Waals surface area contributed by atoms with Crippen LogP contribution in [0.15, 0.2) is 24.3 Å². The maximum absolute atomic E-state index is 5.86. The topological polar surface area (TPSA) is 29.3 Å². The van der Waals surface area contributed by atoms with Gasteiger partial charge in [0.1, 0.15) is 0 Å². The summed E-state index contributed by atoms with van der Waals surface area (Å²) in [6.45, 7) is 4.23. The maximum atomic E-state index is 5.86. The van der Waals surface area contributed by atoms with Gasteiger partial charge >= 0.3 is 0 Å². The predicted octanol–water partition coefficient (Wildman–Crippen LogP) is 2.48. The summed E-state index contributed by atoms with van der Waals surface area (Å²) in [7, 11) is 0. The number of likely N-dealkylation sites (tertiary alicyclic amines) is 1. The number of nitrogens with two attached hydrogens (primary N) is 1. The van der Waals surface area contributed by atoms with Crippen molar-refractivity contribution in [1.29, 1.82) is 0 Å². The van der Waals surface area contributed by atoms with Crippen molar-refractivity contribution in [3.05, 3.63) is 35.4 Å². The lowest BCUT2D eigenvalue weighted by molar-refractivity contribution is 0.243. The van der Waals surface area contributed by atoms with Crippen LogP contribution in [0.2, 0.25) is 0 Å². The second-order valence-electron chi connectivity index (χ2n) is 5.70. The highest BCUT2D eigenvalue weighted by molar-refractivity contribution is 5.26. The average molecular weight is 230 g/mol. The van der Waals surface area contributed by atoms with Crippen LogP contribution in [-0.4, -0.2) is 24.0 Å². The molecule has 0 amide bonds. The van der Waals surface area contributed by atoms with Crippen LogP contribution in [-0.2, 0) is 0 Å². The molecule has 3 rings (SSSR count). The van der Waals surface area contributed by atoms with E-state index in [4.69, 9.17) is 5.73 Å². The number of hydrogen-bond donors (Lipinski definition) is 1. The van der Waals surface area contributed by atoms with Crippen molar-refractivity contribution in [2.45, 2.75) is 38.3 Å². The lowest BCUT2D eigenvalue weighted by Gasteiger charge is -2.24. The minimum Gasteiger partial charge on any atom is -0.330 e. The highest BCUT2D eigenvalue weighted by Crippen LogP contribution is 2.42. The molecule has 1 saturated carbocycles. The van der Waals surface area contributed by atoms with Gasteiger partial charge in [0, 0.05) is 18.6 Å². The third-order valence-electron chi connectivity index (χ3n) is 4.20. The van der Waals surface area contributed by atoms with Crippen molar-refractivity contribution in [1.82, 2.24) is 4.90 Å². The summed E-state index contributed by atoms with van der Waals surface area (Å²) in [5.41, 5.74) is 8.72. The van der Waals surface area contributed by atoms with Gasteiger partial charge in [0.15, 0.2) is 0 Å². The summed E-state index contributed by atoms with van der Waals surface area (Å²) >= 11 is 0. The van der Waals surface area contributed by atoms with Gasteiger partial charge in [-0.15, -0.1) is 0 Å². The van der Waals surface area contributed by atoms with Gasteiger partial charge in [-0.25, -0.2) is 0 Å². The van der Waals surface area contributed by atoms with Crippen molar-refractivity contribution in [3.63, 3.8) is 0 Å². The fourth-order valence-electron chi connectivity index (χ4n) is 3.14. The first-order valence-corrected chi connectivity index (χ1v) is 6.80. The molecule has 92 valence electrons. The van der Waals surface area contributed by atoms with E-state index in [0.717, 1.165) is 12.6 Å². The zero-order chi connectivity index (χ0) is 11.8. The third-order valence-corrected chi connectivity index (χ3v) is 4.20. The molecule has 2 fully saturated rings. The van der Waals surface area contributed by atoms with Crippen molar-refractivity contribution < 1.29 is 0 Å².